The second kappa shape index (κ2) is 6.69. The van der Waals surface area contributed by atoms with Crippen LogP contribution in [0.4, 0.5) is 0 Å². The van der Waals surface area contributed by atoms with E-state index in [1.807, 2.05) is 0 Å². The van der Waals surface area contributed by atoms with Gasteiger partial charge in [0.25, 0.3) is 11.3 Å². The first-order valence-corrected chi connectivity index (χ1v) is 8.13. The van der Waals surface area contributed by atoms with E-state index in [0.29, 0.717) is 39.7 Å². The molecule has 138 valence electrons. The zero-order valence-electron chi connectivity index (χ0n) is 15.0. The van der Waals surface area contributed by atoms with Gasteiger partial charge in [-0.25, -0.2) is 4.98 Å². The molecule has 0 aliphatic rings. The van der Waals surface area contributed by atoms with E-state index in [-0.39, 0.29) is 12.2 Å². The molecule has 0 saturated carbocycles. The van der Waals surface area contributed by atoms with Crippen molar-refractivity contribution in [2.24, 2.45) is 0 Å². The third-order valence-corrected chi connectivity index (χ3v) is 4.20. The van der Waals surface area contributed by atoms with Crippen molar-refractivity contribution in [1.82, 2.24) is 24.1 Å². The normalized spacial score (nSPS) is 11.2. The SMILES string of the molecule is COCc1nc2ncc3c(=O)n(-c4ccc(OC)cc4OC)ccc3n2n1. The second-order valence-corrected chi connectivity index (χ2v) is 5.76. The summed E-state index contributed by atoms with van der Waals surface area (Å²) >= 11 is 0. The number of methoxy groups -OCH3 is 3. The molecule has 27 heavy (non-hydrogen) atoms. The van der Waals surface area contributed by atoms with Gasteiger partial charge >= 0.3 is 0 Å². The van der Waals surface area contributed by atoms with Crippen LogP contribution >= 0.6 is 0 Å². The van der Waals surface area contributed by atoms with Crippen molar-refractivity contribution >= 4 is 16.7 Å². The van der Waals surface area contributed by atoms with Crippen LogP contribution in [0.5, 0.6) is 11.5 Å². The Hall–Kier alpha value is -3.46. The van der Waals surface area contributed by atoms with Crippen LogP contribution in [0, 0.1) is 0 Å². The maximum Gasteiger partial charge on any atom is 0.266 e. The maximum absolute atomic E-state index is 13.1. The molecule has 0 saturated heterocycles. The van der Waals surface area contributed by atoms with Gasteiger partial charge in [0.2, 0.25) is 0 Å². The molecular weight excluding hydrogens is 350 g/mol. The van der Waals surface area contributed by atoms with Crippen LogP contribution < -0.4 is 15.0 Å². The van der Waals surface area contributed by atoms with Gasteiger partial charge < -0.3 is 14.2 Å². The highest BCUT2D eigenvalue weighted by molar-refractivity contribution is 5.79. The Morgan fingerprint density at radius 3 is 2.70 bits per heavy atom. The molecule has 9 heteroatoms. The van der Waals surface area contributed by atoms with E-state index in [9.17, 15) is 4.79 Å². The molecule has 0 amide bonds. The van der Waals surface area contributed by atoms with Gasteiger partial charge in [-0.2, -0.15) is 9.50 Å². The average Bonchev–Trinajstić information content (AvgIpc) is 3.11. The zero-order valence-corrected chi connectivity index (χ0v) is 15.0. The molecule has 0 atom stereocenters. The molecule has 0 unspecified atom stereocenters. The summed E-state index contributed by atoms with van der Waals surface area (Å²) in [4.78, 5) is 21.6. The summed E-state index contributed by atoms with van der Waals surface area (Å²) in [6, 6.07) is 7.05. The van der Waals surface area contributed by atoms with Gasteiger partial charge in [0.1, 0.15) is 18.1 Å². The number of pyridine rings is 1. The van der Waals surface area contributed by atoms with Gasteiger partial charge in [-0.3, -0.25) is 9.36 Å². The molecule has 0 bridgehead atoms. The lowest BCUT2D eigenvalue weighted by Gasteiger charge is -2.13. The Labute approximate surface area is 153 Å². The first-order chi connectivity index (χ1) is 13.2. The summed E-state index contributed by atoms with van der Waals surface area (Å²) in [6.07, 6.45) is 3.18. The number of hydrogen-bond donors (Lipinski definition) is 0. The fraction of sp³-hybridized carbons (Fsp3) is 0.222. The topological polar surface area (TPSA) is 92.8 Å². The van der Waals surface area contributed by atoms with Crippen molar-refractivity contribution in [2.75, 3.05) is 21.3 Å². The highest BCUT2D eigenvalue weighted by Gasteiger charge is 2.14. The fourth-order valence-electron chi connectivity index (χ4n) is 2.92. The minimum atomic E-state index is -0.242. The number of aromatic nitrogens is 5. The first-order valence-electron chi connectivity index (χ1n) is 8.13. The molecule has 3 heterocycles. The monoisotopic (exact) mass is 367 g/mol. The number of fused-ring (bicyclic) bond motifs is 3. The highest BCUT2D eigenvalue weighted by Crippen LogP contribution is 2.27. The quantitative estimate of drug-likeness (QED) is 0.529. The first kappa shape index (κ1) is 17.0. The molecule has 0 fully saturated rings. The molecule has 0 aliphatic carbocycles. The van der Waals surface area contributed by atoms with Crippen molar-refractivity contribution in [3.63, 3.8) is 0 Å². The van der Waals surface area contributed by atoms with Crippen molar-refractivity contribution in [3.8, 4) is 17.2 Å². The van der Waals surface area contributed by atoms with Crippen LogP contribution in [0.2, 0.25) is 0 Å². The fourth-order valence-corrected chi connectivity index (χ4v) is 2.92. The van der Waals surface area contributed by atoms with Gasteiger partial charge in [-0.1, -0.05) is 0 Å². The lowest BCUT2D eigenvalue weighted by atomic mass is 10.2. The van der Waals surface area contributed by atoms with Crippen LogP contribution in [-0.2, 0) is 11.3 Å². The van der Waals surface area contributed by atoms with Crippen LogP contribution in [0.25, 0.3) is 22.4 Å². The molecule has 0 aliphatic heterocycles. The smallest absolute Gasteiger partial charge is 0.266 e. The number of rotatable bonds is 5. The molecule has 3 aromatic heterocycles. The van der Waals surface area contributed by atoms with Gasteiger partial charge in [0.15, 0.2) is 5.82 Å². The zero-order chi connectivity index (χ0) is 19.0. The molecule has 0 radical (unpaired) electrons. The summed E-state index contributed by atoms with van der Waals surface area (Å²) < 4.78 is 18.7. The minimum absolute atomic E-state index is 0.242. The molecule has 0 N–H and O–H groups in total. The highest BCUT2D eigenvalue weighted by atomic mass is 16.5. The number of hydrogen-bond acceptors (Lipinski definition) is 7. The number of benzene rings is 1. The predicted octanol–water partition coefficient (Wildman–Crippen LogP) is 1.59. The molecular formula is C18H17N5O4. The Kier molecular flexibility index (Phi) is 4.21. The Bertz CT molecular complexity index is 1200. The number of ether oxygens (including phenoxy) is 3. The maximum atomic E-state index is 13.1. The molecule has 9 nitrogen and oxygen atoms in total. The van der Waals surface area contributed by atoms with E-state index in [0.717, 1.165) is 0 Å². The summed E-state index contributed by atoms with van der Waals surface area (Å²) in [5.41, 5.74) is 0.974. The average molecular weight is 367 g/mol. The minimum Gasteiger partial charge on any atom is -0.497 e. The van der Waals surface area contributed by atoms with E-state index >= 15 is 0 Å². The van der Waals surface area contributed by atoms with E-state index in [1.165, 1.54) is 10.8 Å². The lowest BCUT2D eigenvalue weighted by molar-refractivity contribution is 0.178. The summed E-state index contributed by atoms with van der Waals surface area (Å²) in [5.74, 6) is 2.07. The van der Waals surface area contributed by atoms with Gasteiger partial charge in [0.05, 0.1) is 30.8 Å². The number of nitrogens with zero attached hydrogens (tertiary/aromatic N) is 5. The van der Waals surface area contributed by atoms with Gasteiger partial charge in [-0.15, -0.1) is 5.10 Å². The predicted molar refractivity (Wildman–Crippen MR) is 97.7 cm³/mol. The molecule has 4 aromatic rings. The Morgan fingerprint density at radius 1 is 1.11 bits per heavy atom. The molecule has 4 rings (SSSR count). The summed E-state index contributed by atoms with van der Waals surface area (Å²) in [5, 5.41) is 4.77. The van der Waals surface area contributed by atoms with Gasteiger partial charge in [0, 0.05) is 25.6 Å². The van der Waals surface area contributed by atoms with Crippen LogP contribution in [0.1, 0.15) is 5.82 Å². The largest absolute Gasteiger partial charge is 0.497 e. The van der Waals surface area contributed by atoms with Gasteiger partial charge in [-0.05, 0) is 18.2 Å². The third kappa shape index (κ3) is 2.77. The van der Waals surface area contributed by atoms with Crippen molar-refractivity contribution < 1.29 is 14.2 Å². The van der Waals surface area contributed by atoms with E-state index in [4.69, 9.17) is 14.2 Å². The van der Waals surface area contributed by atoms with Crippen molar-refractivity contribution in [3.05, 3.63) is 52.8 Å². The van der Waals surface area contributed by atoms with E-state index in [2.05, 4.69) is 15.1 Å². The Balaban J connectivity index is 1.93. The van der Waals surface area contributed by atoms with E-state index in [1.54, 1.807) is 56.3 Å². The molecule has 0 spiro atoms. The standard InChI is InChI=1S/C18H17N5O4/c1-25-10-16-20-18-19-9-12-13(23(18)21-16)6-7-22(17(12)24)14-5-4-11(26-2)8-15(14)27-3/h4-9H,10H2,1-3H3. The van der Waals surface area contributed by atoms with Crippen LogP contribution in [0.15, 0.2) is 41.5 Å². The van der Waals surface area contributed by atoms with Crippen LogP contribution in [-0.4, -0.2) is 45.5 Å². The van der Waals surface area contributed by atoms with E-state index < -0.39 is 0 Å². The molecule has 1 aromatic carbocycles. The van der Waals surface area contributed by atoms with Crippen molar-refractivity contribution in [2.45, 2.75) is 6.61 Å². The summed E-state index contributed by atoms with van der Waals surface area (Å²) in [7, 11) is 4.68. The summed E-state index contributed by atoms with van der Waals surface area (Å²) in [6.45, 7) is 0.269. The lowest BCUT2D eigenvalue weighted by Crippen LogP contribution is -2.19. The second-order valence-electron chi connectivity index (χ2n) is 5.76. The van der Waals surface area contributed by atoms with Crippen LogP contribution in [0.3, 0.4) is 0 Å². The third-order valence-electron chi connectivity index (χ3n) is 4.20. The van der Waals surface area contributed by atoms with Crippen molar-refractivity contribution in [1.29, 1.82) is 0 Å². The Morgan fingerprint density at radius 2 is 1.96 bits per heavy atom.